The summed E-state index contributed by atoms with van der Waals surface area (Å²) in [4.78, 5) is 15.5. The summed E-state index contributed by atoms with van der Waals surface area (Å²) >= 11 is -0.415. The van der Waals surface area contributed by atoms with E-state index in [4.69, 9.17) is 0 Å². The quantitative estimate of drug-likeness (QED) is 0.136. The van der Waals surface area contributed by atoms with Crippen LogP contribution >= 0.6 is 11.8 Å². The molecule has 1 amide bonds. The Labute approximate surface area is 186 Å². The van der Waals surface area contributed by atoms with Gasteiger partial charge in [-0.25, -0.2) is 8.42 Å². The van der Waals surface area contributed by atoms with E-state index < -0.39 is 61.0 Å². The maximum Gasteiger partial charge on any atom is 0.446 e. The molecule has 13 heteroatoms. The molecule has 0 N–H and O–H groups in total. The number of alkyl halides is 6. The highest BCUT2D eigenvalue weighted by Crippen LogP contribution is 2.37. The lowest BCUT2D eigenvalue weighted by Crippen LogP contribution is -2.17. The van der Waals surface area contributed by atoms with Crippen molar-refractivity contribution >= 4 is 33.8 Å². The molecule has 0 aromatic carbocycles. The lowest BCUT2D eigenvalue weighted by atomic mass is 10.1. The minimum atomic E-state index is -4.87. The number of hydrogen-bond acceptors (Lipinski definition) is 4. The van der Waals surface area contributed by atoms with Crippen molar-refractivity contribution in [3.8, 4) is 0 Å². The summed E-state index contributed by atoms with van der Waals surface area (Å²) in [6, 6.07) is 0. The Morgan fingerprint density at radius 2 is 1.72 bits per heavy atom. The largest absolute Gasteiger partial charge is 0.446 e. The fourth-order valence-electron chi connectivity index (χ4n) is 1.95. The molecule has 0 aliphatic carbocycles. The molecule has 0 aromatic rings. The van der Waals surface area contributed by atoms with Crippen LogP contribution in [0.3, 0.4) is 0 Å². The molecular formula is C19H22F6N2O3S2. The highest BCUT2D eigenvalue weighted by molar-refractivity contribution is 8.04. The van der Waals surface area contributed by atoms with Crippen molar-refractivity contribution in [3.63, 3.8) is 0 Å². The van der Waals surface area contributed by atoms with Crippen molar-refractivity contribution in [2.24, 2.45) is 4.99 Å². The summed E-state index contributed by atoms with van der Waals surface area (Å²) < 4.78 is 101. The molecule has 0 radical (unpaired) electrons. The Kier molecular flexibility index (Phi) is 11.2. The SMILES string of the molecule is C=C(C(=O)/N=C/N(C)/C=C(\C=C/C)SC(F)(F)F)/C(=C\C(=C/C)C(F)(F)F)S(=O)(=O)CC. The minimum absolute atomic E-state index is 0.239. The van der Waals surface area contributed by atoms with Gasteiger partial charge in [0.2, 0.25) is 0 Å². The van der Waals surface area contributed by atoms with Crippen molar-refractivity contribution < 1.29 is 39.6 Å². The Bertz CT molecular complexity index is 957. The standard InChI is InChI=1S/C19H22F6N2O3S2/c1-6-9-15(31-19(23,24)25)11-27(5)12-26-17(28)13(4)16(32(29,30)8-3)10-14(7-2)18(20,21)22/h6-7,9-12H,4,8H2,1-3,5H3/b9-6-,14-7+,15-11+,16-10+,26-12+. The van der Waals surface area contributed by atoms with Crippen LogP contribution in [-0.4, -0.2) is 50.0 Å². The number of hydrogen-bond donors (Lipinski definition) is 0. The van der Waals surface area contributed by atoms with Crippen molar-refractivity contribution in [3.05, 3.63) is 58.0 Å². The highest BCUT2D eigenvalue weighted by atomic mass is 32.2. The van der Waals surface area contributed by atoms with E-state index in [9.17, 15) is 39.6 Å². The van der Waals surface area contributed by atoms with E-state index in [1.165, 1.54) is 27.0 Å². The van der Waals surface area contributed by atoms with Gasteiger partial charge in [-0.3, -0.25) is 4.79 Å². The summed E-state index contributed by atoms with van der Waals surface area (Å²) in [6.07, 6.45) is 0.347. The maximum atomic E-state index is 13.0. The van der Waals surface area contributed by atoms with Gasteiger partial charge in [0.25, 0.3) is 5.91 Å². The van der Waals surface area contributed by atoms with Crippen LogP contribution in [0, 0.1) is 0 Å². The topological polar surface area (TPSA) is 66.8 Å². The highest BCUT2D eigenvalue weighted by Gasteiger charge is 2.34. The van der Waals surface area contributed by atoms with E-state index in [1.807, 2.05) is 0 Å². The maximum absolute atomic E-state index is 13.0. The Morgan fingerprint density at radius 3 is 2.12 bits per heavy atom. The number of amides is 1. The summed E-state index contributed by atoms with van der Waals surface area (Å²) in [5.41, 5.74) is -6.69. The van der Waals surface area contributed by atoms with Crippen molar-refractivity contribution in [1.29, 1.82) is 0 Å². The lowest BCUT2D eigenvalue weighted by molar-refractivity contribution is -0.114. The molecule has 180 valence electrons. The average Bonchev–Trinajstić information content (AvgIpc) is 2.63. The predicted molar refractivity (Wildman–Crippen MR) is 114 cm³/mol. The normalized spacial score (nSPS) is 15.0. The Morgan fingerprint density at radius 1 is 1.16 bits per heavy atom. The van der Waals surface area contributed by atoms with Crippen LogP contribution in [0.2, 0.25) is 0 Å². The zero-order valence-electron chi connectivity index (χ0n) is 17.6. The van der Waals surface area contributed by atoms with Crippen LogP contribution in [-0.2, 0) is 14.6 Å². The molecule has 0 aromatic heterocycles. The molecule has 0 spiro atoms. The number of carbonyl (C=O) groups excluding carboxylic acids is 1. The first kappa shape index (κ1) is 29.7. The van der Waals surface area contributed by atoms with E-state index in [1.54, 1.807) is 0 Å². The molecular weight excluding hydrogens is 482 g/mol. The number of carbonyl (C=O) groups is 1. The van der Waals surface area contributed by atoms with Crippen LogP contribution in [0.15, 0.2) is 63.0 Å². The zero-order valence-corrected chi connectivity index (χ0v) is 19.2. The van der Waals surface area contributed by atoms with Crippen LogP contribution in [0.4, 0.5) is 26.3 Å². The second-order valence-electron chi connectivity index (χ2n) is 5.93. The number of halogens is 6. The number of sulfone groups is 1. The molecule has 0 unspecified atom stereocenters. The van der Waals surface area contributed by atoms with Crippen LogP contribution in [0.25, 0.3) is 0 Å². The summed E-state index contributed by atoms with van der Waals surface area (Å²) in [7, 11) is -3.04. The van der Waals surface area contributed by atoms with Gasteiger partial charge < -0.3 is 4.90 Å². The molecule has 5 nitrogen and oxygen atoms in total. The molecule has 0 aliphatic heterocycles. The predicted octanol–water partition coefficient (Wildman–Crippen LogP) is 5.53. The molecule has 32 heavy (non-hydrogen) atoms. The minimum Gasteiger partial charge on any atom is -0.341 e. The number of rotatable bonds is 9. The van der Waals surface area contributed by atoms with Gasteiger partial charge in [-0.2, -0.15) is 31.3 Å². The number of thioether (sulfide) groups is 1. The van der Waals surface area contributed by atoms with Gasteiger partial charge in [0.15, 0.2) is 9.84 Å². The fraction of sp³-hybridized carbons (Fsp3) is 0.368. The summed E-state index contributed by atoms with van der Waals surface area (Å²) in [6.45, 7) is 6.96. The molecule has 0 fully saturated rings. The van der Waals surface area contributed by atoms with Crippen LogP contribution in [0.5, 0.6) is 0 Å². The van der Waals surface area contributed by atoms with E-state index in [-0.39, 0.29) is 4.91 Å². The molecule has 0 aliphatic rings. The summed E-state index contributed by atoms with van der Waals surface area (Å²) in [5.74, 6) is -1.88. The molecule has 0 rings (SSSR count). The van der Waals surface area contributed by atoms with Crippen molar-refractivity contribution in [2.45, 2.75) is 32.5 Å². The second-order valence-corrected chi connectivity index (χ2v) is 9.31. The first-order valence-electron chi connectivity index (χ1n) is 8.76. The van der Waals surface area contributed by atoms with E-state index >= 15 is 0 Å². The second kappa shape index (κ2) is 12.1. The van der Waals surface area contributed by atoms with Gasteiger partial charge >= 0.3 is 11.7 Å². The molecule has 0 atom stereocenters. The van der Waals surface area contributed by atoms with Gasteiger partial charge in [-0.1, -0.05) is 31.7 Å². The van der Waals surface area contributed by atoms with Crippen LogP contribution in [0.1, 0.15) is 20.8 Å². The third-order valence-electron chi connectivity index (χ3n) is 3.45. The van der Waals surface area contributed by atoms with Crippen LogP contribution < -0.4 is 0 Å². The molecule has 0 saturated carbocycles. The smallest absolute Gasteiger partial charge is 0.341 e. The summed E-state index contributed by atoms with van der Waals surface area (Å²) in [5, 5.41) is 0. The van der Waals surface area contributed by atoms with E-state index in [0.717, 1.165) is 30.4 Å². The lowest BCUT2D eigenvalue weighted by Gasteiger charge is -2.13. The molecule has 0 bridgehead atoms. The number of allylic oxidation sites excluding steroid dienone is 5. The van der Waals surface area contributed by atoms with Gasteiger partial charge in [-0.05, 0) is 31.7 Å². The Hall–Kier alpha value is -2.28. The fourth-order valence-corrected chi connectivity index (χ4v) is 3.72. The Balaban J connectivity index is 5.97. The number of nitrogens with zero attached hydrogens (tertiary/aromatic N) is 2. The molecule has 0 saturated heterocycles. The van der Waals surface area contributed by atoms with Crippen molar-refractivity contribution in [2.75, 3.05) is 12.8 Å². The zero-order chi connectivity index (χ0) is 25.3. The third kappa shape index (κ3) is 10.4. The average molecular weight is 505 g/mol. The third-order valence-corrected chi connectivity index (χ3v) is 5.95. The first-order chi connectivity index (χ1) is 14.5. The van der Waals surface area contributed by atoms with Gasteiger partial charge in [-0.15, -0.1) is 0 Å². The number of aliphatic imine (C=N–C) groups is 1. The molecule has 0 heterocycles. The van der Waals surface area contributed by atoms with Gasteiger partial charge in [0, 0.05) is 18.2 Å². The van der Waals surface area contributed by atoms with Crippen molar-refractivity contribution in [1.82, 2.24) is 4.90 Å². The first-order valence-corrected chi connectivity index (χ1v) is 11.2. The van der Waals surface area contributed by atoms with Gasteiger partial charge in [0.05, 0.1) is 28.1 Å². The van der Waals surface area contributed by atoms with E-state index in [0.29, 0.717) is 12.2 Å². The van der Waals surface area contributed by atoms with E-state index in [2.05, 4.69) is 11.6 Å². The monoisotopic (exact) mass is 504 g/mol. The van der Waals surface area contributed by atoms with Gasteiger partial charge in [0.1, 0.15) is 0 Å².